The van der Waals surface area contributed by atoms with Gasteiger partial charge in [0.05, 0.1) is 19.9 Å². The van der Waals surface area contributed by atoms with E-state index in [0.29, 0.717) is 12.1 Å². The molecule has 7 nitrogen and oxygen atoms in total. The first-order valence-electron chi connectivity index (χ1n) is 8.55. The Labute approximate surface area is 156 Å². The summed E-state index contributed by atoms with van der Waals surface area (Å²) >= 11 is 0. The van der Waals surface area contributed by atoms with Crippen molar-refractivity contribution in [1.82, 2.24) is 14.5 Å². The van der Waals surface area contributed by atoms with Gasteiger partial charge < -0.3 is 19.0 Å². The second-order valence-electron chi connectivity index (χ2n) is 6.08. The van der Waals surface area contributed by atoms with E-state index in [-0.39, 0.29) is 13.0 Å². The van der Waals surface area contributed by atoms with E-state index in [1.165, 1.54) is 7.11 Å². The van der Waals surface area contributed by atoms with Gasteiger partial charge in [0.25, 0.3) is 0 Å². The molecule has 140 valence electrons. The van der Waals surface area contributed by atoms with Crippen molar-refractivity contribution in [2.75, 3.05) is 13.7 Å². The van der Waals surface area contributed by atoms with Crippen molar-refractivity contribution in [3.63, 3.8) is 0 Å². The van der Waals surface area contributed by atoms with Crippen molar-refractivity contribution in [3.05, 3.63) is 60.3 Å². The highest BCUT2D eigenvalue weighted by Gasteiger charge is 2.16. The number of aromatic nitrogens is 3. The zero-order valence-electron chi connectivity index (χ0n) is 15.3. The number of nitrogens with one attached hydrogen (secondary N) is 1. The molecule has 2 aromatic heterocycles. The van der Waals surface area contributed by atoms with Crippen LogP contribution in [-0.2, 0) is 25.6 Å². The van der Waals surface area contributed by atoms with Crippen LogP contribution in [-0.4, -0.2) is 40.2 Å². The molecule has 0 unspecified atom stereocenters. The third-order valence-corrected chi connectivity index (χ3v) is 4.33. The summed E-state index contributed by atoms with van der Waals surface area (Å²) in [5, 5.41) is 1.06. The normalized spacial score (nSPS) is 11.9. The molecule has 1 aromatic carbocycles. The fourth-order valence-corrected chi connectivity index (χ4v) is 2.79. The van der Waals surface area contributed by atoms with Crippen molar-refractivity contribution in [2.24, 2.45) is 0 Å². The molecule has 0 radical (unpaired) electrons. The zero-order valence-corrected chi connectivity index (χ0v) is 15.3. The summed E-state index contributed by atoms with van der Waals surface area (Å²) in [6.07, 6.45) is 7.13. The summed E-state index contributed by atoms with van der Waals surface area (Å²) in [5.41, 5.74) is 3.28. The molecule has 0 aliphatic heterocycles. The first kappa shape index (κ1) is 18.4. The topological polar surface area (TPSA) is 86.2 Å². The van der Waals surface area contributed by atoms with Gasteiger partial charge in [0, 0.05) is 36.2 Å². The molecule has 0 bridgehead atoms. The molecule has 0 spiro atoms. The maximum Gasteiger partial charge on any atom is 0.334 e. The summed E-state index contributed by atoms with van der Waals surface area (Å²) < 4.78 is 11.7. The van der Waals surface area contributed by atoms with E-state index < -0.39 is 11.9 Å². The van der Waals surface area contributed by atoms with Crippen LogP contribution in [0, 0.1) is 0 Å². The third-order valence-electron chi connectivity index (χ3n) is 4.33. The number of allylic oxidation sites excluding steroid dienone is 1. The lowest BCUT2D eigenvalue weighted by atomic mass is 9.99. The number of nitrogens with zero attached hydrogens (tertiary/aromatic N) is 2. The van der Waals surface area contributed by atoms with E-state index in [9.17, 15) is 9.59 Å². The van der Waals surface area contributed by atoms with Crippen molar-refractivity contribution in [3.8, 4) is 0 Å². The standard InChI is InChI=1S/C20H21N3O4/c1-14(20(25)27-10-6-19(24)26-2)17(12-23-9-8-21-13-23)15-3-4-18-16(11-15)5-7-22-18/h3-5,7-9,11,13,22H,6,10,12H2,1-2H3. The molecule has 3 aromatic rings. The number of imidazole rings is 1. The number of hydrogen-bond acceptors (Lipinski definition) is 5. The molecule has 3 rings (SSSR count). The molecule has 0 fully saturated rings. The maximum absolute atomic E-state index is 12.5. The van der Waals surface area contributed by atoms with Crippen LogP contribution >= 0.6 is 0 Å². The number of esters is 2. The van der Waals surface area contributed by atoms with E-state index in [1.807, 2.05) is 41.2 Å². The fraction of sp³-hybridized carbons (Fsp3) is 0.250. The van der Waals surface area contributed by atoms with Crippen LogP contribution in [0.3, 0.4) is 0 Å². The van der Waals surface area contributed by atoms with Crippen LogP contribution in [0.4, 0.5) is 0 Å². The lowest BCUT2D eigenvalue weighted by molar-refractivity contribution is -0.145. The highest BCUT2D eigenvalue weighted by atomic mass is 16.5. The van der Waals surface area contributed by atoms with Gasteiger partial charge in [-0.3, -0.25) is 4.79 Å². The van der Waals surface area contributed by atoms with Gasteiger partial charge in [-0.1, -0.05) is 6.07 Å². The molecule has 0 saturated carbocycles. The second kappa shape index (κ2) is 8.35. The number of aromatic amines is 1. The minimum Gasteiger partial charge on any atom is -0.469 e. The van der Waals surface area contributed by atoms with Gasteiger partial charge in [-0.25, -0.2) is 9.78 Å². The van der Waals surface area contributed by atoms with Crippen molar-refractivity contribution < 1.29 is 19.1 Å². The number of carbonyl (C=O) groups is 2. The Morgan fingerprint density at radius 3 is 2.85 bits per heavy atom. The van der Waals surface area contributed by atoms with E-state index in [1.54, 1.807) is 19.4 Å². The van der Waals surface area contributed by atoms with Crippen molar-refractivity contribution >= 4 is 28.4 Å². The Kier molecular flexibility index (Phi) is 5.71. The highest BCUT2D eigenvalue weighted by molar-refractivity contribution is 5.98. The Morgan fingerprint density at radius 1 is 1.26 bits per heavy atom. The van der Waals surface area contributed by atoms with Gasteiger partial charge in [-0.05, 0) is 41.6 Å². The molecule has 0 aliphatic rings. The number of rotatable bonds is 7. The Balaban J connectivity index is 1.88. The van der Waals surface area contributed by atoms with Crippen LogP contribution in [0.15, 0.2) is 54.8 Å². The summed E-state index contributed by atoms with van der Waals surface area (Å²) in [5.74, 6) is -0.871. The molecule has 0 saturated heterocycles. The summed E-state index contributed by atoms with van der Waals surface area (Å²) in [6, 6.07) is 7.96. The molecular weight excluding hydrogens is 346 g/mol. The summed E-state index contributed by atoms with van der Waals surface area (Å²) in [7, 11) is 1.30. The number of benzene rings is 1. The zero-order chi connectivity index (χ0) is 19.2. The smallest absolute Gasteiger partial charge is 0.334 e. The van der Waals surface area contributed by atoms with Crippen LogP contribution < -0.4 is 0 Å². The number of carbonyl (C=O) groups excluding carboxylic acids is 2. The van der Waals surface area contributed by atoms with Crippen LogP contribution in [0.25, 0.3) is 16.5 Å². The molecular formula is C20H21N3O4. The van der Waals surface area contributed by atoms with Crippen LogP contribution in [0.5, 0.6) is 0 Å². The second-order valence-corrected chi connectivity index (χ2v) is 6.08. The first-order chi connectivity index (χ1) is 13.1. The molecule has 0 aliphatic carbocycles. The summed E-state index contributed by atoms with van der Waals surface area (Å²) in [4.78, 5) is 30.9. The molecule has 0 atom stereocenters. The minimum atomic E-state index is -0.455. The van der Waals surface area contributed by atoms with E-state index in [2.05, 4.69) is 14.7 Å². The minimum absolute atomic E-state index is 0.0158. The molecule has 2 heterocycles. The van der Waals surface area contributed by atoms with Gasteiger partial charge in [0.1, 0.15) is 6.61 Å². The molecule has 27 heavy (non-hydrogen) atoms. The highest BCUT2D eigenvalue weighted by Crippen LogP contribution is 2.25. The van der Waals surface area contributed by atoms with Gasteiger partial charge in [-0.15, -0.1) is 0 Å². The summed E-state index contributed by atoms with van der Waals surface area (Å²) in [6.45, 7) is 2.19. The average molecular weight is 367 g/mol. The monoisotopic (exact) mass is 367 g/mol. The molecule has 0 amide bonds. The Hall–Kier alpha value is -3.35. The van der Waals surface area contributed by atoms with Crippen LogP contribution in [0.2, 0.25) is 0 Å². The number of methoxy groups -OCH3 is 1. The number of hydrogen-bond donors (Lipinski definition) is 1. The van der Waals surface area contributed by atoms with Crippen LogP contribution in [0.1, 0.15) is 18.9 Å². The van der Waals surface area contributed by atoms with E-state index >= 15 is 0 Å². The molecule has 1 N–H and O–H groups in total. The predicted octanol–water partition coefficient (Wildman–Crippen LogP) is 2.94. The number of ether oxygens (including phenoxy) is 2. The lowest BCUT2D eigenvalue weighted by Crippen LogP contribution is -2.13. The van der Waals surface area contributed by atoms with Gasteiger partial charge >= 0.3 is 11.9 Å². The SMILES string of the molecule is COC(=O)CCOC(=O)C(C)=C(Cn1ccnc1)c1ccc2[nH]ccc2c1. The fourth-order valence-electron chi connectivity index (χ4n) is 2.79. The quantitative estimate of drug-likeness (QED) is 0.512. The average Bonchev–Trinajstić information content (AvgIpc) is 3.36. The van der Waals surface area contributed by atoms with Crippen molar-refractivity contribution in [1.29, 1.82) is 0 Å². The Morgan fingerprint density at radius 2 is 2.11 bits per heavy atom. The largest absolute Gasteiger partial charge is 0.469 e. The maximum atomic E-state index is 12.5. The predicted molar refractivity (Wildman–Crippen MR) is 101 cm³/mol. The van der Waals surface area contributed by atoms with Gasteiger partial charge in [0.2, 0.25) is 0 Å². The van der Waals surface area contributed by atoms with Crippen molar-refractivity contribution in [2.45, 2.75) is 19.9 Å². The van der Waals surface area contributed by atoms with Gasteiger partial charge in [0.15, 0.2) is 0 Å². The van der Waals surface area contributed by atoms with E-state index in [4.69, 9.17) is 4.74 Å². The lowest BCUT2D eigenvalue weighted by Gasteiger charge is -2.14. The Bertz CT molecular complexity index is 970. The number of H-pyrrole nitrogens is 1. The first-order valence-corrected chi connectivity index (χ1v) is 8.55. The number of fused-ring (bicyclic) bond motifs is 1. The third kappa shape index (κ3) is 4.44. The molecule has 7 heteroatoms. The van der Waals surface area contributed by atoms with Gasteiger partial charge in [-0.2, -0.15) is 0 Å². The van der Waals surface area contributed by atoms with E-state index in [0.717, 1.165) is 22.0 Å².